The quantitative estimate of drug-likeness (QED) is 0.898. The molecule has 2 aliphatic heterocycles. The lowest BCUT2D eigenvalue weighted by Gasteiger charge is -2.31. The Kier molecular flexibility index (Phi) is 3.49. The maximum Gasteiger partial charge on any atom is 0.307 e. The standard InChI is InChI=1S/C17H20N2O4/c20-16(19-9-12-13(10-19)15(12)17(21)22)11-3-1-2-4-14(11)18-5-7-23-8-6-18/h1-4,12-13,15H,5-10H2,(H,21,22)/t12-,13+,15?. The van der Waals surface area contributed by atoms with Gasteiger partial charge in [-0.15, -0.1) is 0 Å². The van der Waals surface area contributed by atoms with Crippen LogP contribution in [0.2, 0.25) is 0 Å². The SMILES string of the molecule is O=C(O)C1[C@H]2CN(C(=O)c3ccccc3N3CCOCC3)C[C@@H]12. The summed E-state index contributed by atoms with van der Waals surface area (Å²) in [4.78, 5) is 27.9. The van der Waals surface area contributed by atoms with Crippen molar-refractivity contribution in [3.8, 4) is 0 Å². The molecule has 1 aromatic carbocycles. The van der Waals surface area contributed by atoms with Crippen molar-refractivity contribution in [3.05, 3.63) is 29.8 Å². The second-order valence-electron chi connectivity index (χ2n) is 6.52. The number of anilines is 1. The number of hydrogen-bond acceptors (Lipinski definition) is 4. The molecule has 2 heterocycles. The zero-order chi connectivity index (χ0) is 16.0. The van der Waals surface area contributed by atoms with Crippen LogP contribution in [0.25, 0.3) is 0 Å². The number of rotatable bonds is 3. The van der Waals surface area contributed by atoms with E-state index in [0.29, 0.717) is 31.9 Å². The van der Waals surface area contributed by atoms with Gasteiger partial charge in [0.2, 0.25) is 0 Å². The molecule has 3 fully saturated rings. The first-order chi connectivity index (χ1) is 11.2. The number of piperidine rings is 1. The number of ether oxygens (including phenoxy) is 1. The Morgan fingerprint density at radius 1 is 1.09 bits per heavy atom. The van der Waals surface area contributed by atoms with Gasteiger partial charge >= 0.3 is 5.97 Å². The van der Waals surface area contributed by atoms with Crippen LogP contribution in [-0.4, -0.2) is 61.3 Å². The second kappa shape index (κ2) is 5.53. The van der Waals surface area contributed by atoms with E-state index in [1.807, 2.05) is 29.2 Å². The van der Waals surface area contributed by atoms with Crippen LogP contribution in [0.15, 0.2) is 24.3 Å². The van der Waals surface area contributed by atoms with Crippen molar-refractivity contribution in [2.45, 2.75) is 0 Å². The van der Waals surface area contributed by atoms with E-state index >= 15 is 0 Å². The van der Waals surface area contributed by atoms with Gasteiger partial charge in [0.1, 0.15) is 0 Å². The van der Waals surface area contributed by atoms with Crippen LogP contribution < -0.4 is 4.90 Å². The number of aliphatic carboxylic acids is 1. The third kappa shape index (κ3) is 2.47. The summed E-state index contributed by atoms with van der Waals surface area (Å²) in [7, 11) is 0. The molecule has 23 heavy (non-hydrogen) atoms. The van der Waals surface area contributed by atoms with Crippen molar-refractivity contribution < 1.29 is 19.4 Å². The first kappa shape index (κ1) is 14.5. The van der Waals surface area contributed by atoms with E-state index in [1.54, 1.807) is 0 Å². The minimum absolute atomic E-state index is 0.0171. The van der Waals surface area contributed by atoms with E-state index in [4.69, 9.17) is 9.84 Å². The van der Waals surface area contributed by atoms with Gasteiger partial charge in [-0.25, -0.2) is 0 Å². The highest BCUT2D eigenvalue weighted by Gasteiger charge is 2.60. The summed E-state index contributed by atoms with van der Waals surface area (Å²) in [6, 6.07) is 7.68. The monoisotopic (exact) mass is 316 g/mol. The van der Waals surface area contributed by atoms with E-state index in [0.717, 1.165) is 18.8 Å². The topological polar surface area (TPSA) is 70.1 Å². The predicted octanol–water partition coefficient (Wildman–Crippen LogP) is 0.926. The molecule has 3 aliphatic rings. The van der Waals surface area contributed by atoms with Crippen molar-refractivity contribution >= 4 is 17.6 Å². The van der Waals surface area contributed by atoms with Gasteiger partial charge < -0.3 is 19.6 Å². The van der Waals surface area contributed by atoms with E-state index < -0.39 is 5.97 Å². The molecular formula is C17H20N2O4. The summed E-state index contributed by atoms with van der Waals surface area (Å²) in [6.07, 6.45) is 0. The predicted molar refractivity (Wildman–Crippen MR) is 83.5 cm³/mol. The minimum Gasteiger partial charge on any atom is -0.481 e. The Labute approximate surface area is 134 Å². The summed E-state index contributed by atoms with van der Waals surface area (Å²) in [5, 5.41) is 9.09. The minimum atomic E-state index is -0.721. The second-order valence-corrected chi connectivity index (χ2v) is 6.52. The highest BCUT2D eigenvalue weighted by molar-refractivity contribution is 6.00. The Morgan fingerprint density at radius 2 is 1.74 bits per heavy atom. The fourth-order valence-corrected chi connectivity index (χ4v) is 3.96. The number of hydrogen-bond donors (Lipinski definition) is 1. The third-order valence-corrected chi connectivity index (χ3v) is 5.25. The van der Waals surface area contributed by atoms with Crippen molar-refractivity contribution in [1.82, 2.24) is 4.90 Å². The maximum absolute atomic E-state index is 12.9. The summed E-state index contributed by atoms with van der Waals surface area (Å²) < 4.78 is 5.38. The van der Waals surface area contributed by atoms with Gasteiger partial charge in [-0.05, 0) is 24.0 Å². The van der Waals surface area contributed by atoms with Crippen LogP contribution in [-0.2, 0) is 9.53 Å². The molecule has 3 atom stereocenters. The fourth-order valence-electron chi connectivity index (χ4n) is 3.96. The average Bonchev–Trinajstić information content (AvgIpc) is 3.10. The number of benzene rings is 1. The Morgan fingerprint density at radius 3 is 2.39 bits per heavy atom. The molecule has 0 radical (unpaired) electrons. The van der Waals surface area contributed by atoms with Gasteiger partial charge in [0.15, 0.2) is 0 Å². The molecule has 1 N–H and O–H groups in total. The fraction of sp³-hybridized carbons (Fsp3) is 0.529. The van der Waals surface area contributed by atoms with Gasteiger partial charge in [-0.1, -0.05) is 12.1 Å². The van der Waals surface area contributed by atoms with E-state index in [9.17, 15) is 9.59 Å². The van der Waals surface area contributed by atoms with Crippen LogP contribution >= 0.6 is 0 Å². The molecular weight excluding hydrogens is 296 g/mol. The third-order valence-electron chi connectivity index (χ3n) is 5.25. The highest BCUT2D eigenvalue weighted by Crippen LogP contribution is 2.52. The molecule has 1 aromatic rings. The summed E-state index contributed by atoms with van der Waals surface area (Å²) in [5.41, 5.74) is 1.67. The van der Waals surface area contributed by atoms with Crippen molar-refractivity contribution in [2.75, 3.05) is 44.3 Å². The number of fused-ring (bicyclic) bond motifs is 1. The van der Waals surface area contributed by atoms with E-state index in [-0.39, 0.29) is 23.7 Å². The lowest BCUT2D eigenvalue weighted by molar-refractivity contribution is -0.139. The Bertz CT molecular complexity index is 629. The lowest BCUT2D eigenvalue weighted by Crippen LogP contribution is -2.39. The Balaban J connectivity index is 1.50. The molecule has 0 spiro atoms. The maximum atomic E-state index is 12.9. The number of carbonyl (C=O) groups is 2. The van der Waals surface area contributed by atoms with Crippen LogP contribution in [0, 0.1) is 17.8 Å². The first-order valence-corrected chi connectivity index (χ1v) is 8.10. The van der Waals surface area contributed by atoms with E-state index in [1.165, 1.54) is 0 Å². The molecule has 6 nitrogen and oxygen atoms in total. The van der Waals surface area contributed by atoms with Gasteiger partial charge in [0, 0.05) is 31.9 Å². The van der Waals surface area contributed by atoms with Crippen LogP contribution in [0.5, 0.6) is 0 Å². The molecule has 1 saturated carbocycles. The highest BCUT2D eigenvalue weighted by atomic mass is 16.5. The number of amides is 1. The van der Waals surface area contributed by atoms with Gasteiger partial charge in [-0.2, -0.15) is 0 Å². The van der Waals surface area contributed by atoms with Crippen molar-refractivity contribution in [2.24, 2.45) is 17.8 Å². The van der Waals surface area contributed by atoms with Gasteiger partial charge in [-0.3, -0.25) is 9.59 Å². The molecule has 0 aromatic heterocycles. The van der Waals surface area contributed by atoms with Gasteiger partial charge in [0.25, 0.3) is 5.91 Å². The molecule has 1 aliphatic carbocycles. The van der Waals surface area contributed by atoms with Crippen molar-refractivity contribution in [1.29, 1.82) is 0 Å². The number of carboxylic acid groups (broad SMARTS) is 1. The van der Waals surface area contributed by atoms with Crippen molar-refractivity contribution in [3.63, 3.8) is 0 Å². The molecule has 6 heteroatoms. The number of carboxylic acids is 1. The smallest absolute Gasteiger partial charge is 0.307 e. The van der Waals surface area contributed by atoms with E-state index in [2.05, 4.69) is 4.90 Å². The summed E-state index contributed by atoms with van der Waals surface area (Å²) >= 11 is 0. The zero-order valence-electron chi connectivity index (χ0n) is 12.9. The number of morpholine rings is 1. The average molecular weight is 316 g/mol. The summed E-state index contributed by atoms with van der Waals surface area (Å²) in [6.45, 7) is 4.07. The molecule has 0 bridgehead atoms. The summed E-state index contributed by atoms with van der Waals surface area (Å²) in [5.74, 6) is -0.656. The molecule has 4 rings (SSSR count). The number of nitrogens with zero attached hydrogens (tertiary/aromatic N) is 2. The van der Waals surface area contributed by atoms with Crippen LogP contribution in [0.4, 0.5) is 5.69 Å². The molecule has 1 unspecified atom stereocenters. The molecule has 1 amide bonds. The van der Waals surface area contributed by atoms with Crippen LogP contribution in [0.1, 0.15) is 10.4 Å². The lowest BCUT2D eigenvalue weighted by atomic mass is 10.1. The Hall–Kier alpha value is -2.08. The molecule has 122 valence electrons. The normalized spacial score (nSPS) is 29.3. The largest absolute Gasteiger partial charge is 0.481 e. The first-order valence-electron chi connectivity index (χ1n) is 8.10. The molecule has 2 saturated heterocycles. The zero-order valence-corrected chi connectivity index (χ0v) is 12.9. The number of likely N-dealkylation sites (tertiary alicyclic amines) is 1. The van der Waals surface area contributed by atoms with Gasteiger partial charge in [0.05, 0.1) is 24.7 Å². The number of para-hydroxylation sites is 1. The number of carbonyl (C=O) groups excluding carboxylic acids is 1. The van der Waals surface area contributed by atoms with Crippen LogP contribution in [0.3, 0.4) is 0 Å².